The molecule has 0 bridgehead atoms. The number of likely N-dealkylation sites (tertiary alicyclic amines) is 1. The summed E-state index contributed by atoms with van der Waals surface area (Å²) in [6, 6.07) is 0. The van der Waals surface area contributed by atoms with E-state index < -0.39 is 47.6 Å². The zero-order valence-corrected chi connectivity index (χ0v) is 23.2. The standard InChI is InChI=1S/C25H40N4O9/c1-23(2,3)36-21(34)29(22(35)37-24(4,5)6)26-13-9-7-8-10-18(30)27-14-11-25(12-15-27)17-28(16-19(31)32)20(33)38-25/h13H,7-12,14-17H2,1-6H3,(H,31,32). The third-order valence-electron chi connectivity index (χ3n) is 5.70. The highest BCUT2D eigenvalue weighted by Crippen LogP contribution is 2.33. The van der Waals surface area contributed by atoms with Crippen molar-refractivity contribution >= 4 is 36.4 Å². The number of carboxylic acid groups (broad SMARTS) is 1. The lowest BCUT2D eigenvalue weighted by Crippen LogP contribution is -2.48. The summed E-state index contributed by atoms with van der Waals surface area (Å²) in [4.78, 5) is 63.3. The second-order valence-electron chi connectivity index (χ2n) is 11.5. The first-order valence-electron chi connectivity index (χ1n) is 12.8. The van der Waals surface area contributed by atoms with Gasteiger partial charge < -0.3 is 24.2 Å². The molecule has 4 amide bonds. The minimum absolute atomic E-state index is 0.0207. The van der Waals surface area contributed by atoms with Gasteiger partial charge in [0.2, 0.25) is 5.91 Å². The molecule has 13 heteroatoms. The molecule has 1 spiro atoms. The zero-order chi connectivity index (χ0) is 28.7. The van der Waals surface area contributed by atoms with Gasteiger partial charge in [0.05, 0.1) is 6.54 Å². The number of amides is 4. The summed E-state index contributed by atoms with van der Waals surface area (Å²) in [6.07, 6.45) is 1.72. The first-order valence-corrected chi connectivity index (χ1v) is 12.8. The van der Waals surface area contributed by atoms with E-state index in [0.717, 1.165) is 0 Å². The summed E-state index contributed by atoms with van der Waals surface area (Å²) in [6.45, 7) is 10.7. The van der Waals surface area contributed by atoms with Crippen molar-refractivity contribution in [2.45, 2.75) is 96.9 Å². The fraction of sp³-hybridized carbons (Fsp3) is 0.760. The second-order valence-corrected chi connectivity index (χ2v) is 11.5. The van der Waals surface area contributed by atoms with Gasteiger partial charge in [-0.1, -0.05) is 5.01 Å². The Hall–Kier alpha value is -3.38. The summed E-state index contributed by atoms with van der Waals surface area (Å²) in [5.74, 6) is -1.12. The molecule has 13 nitrogen and oxygen atoms in total. The molecule has 2 aliphatic heterocycles. The number of rotatable bonds is 8. The molecular weight excluding hydrogens is 500 g/mol. The van der Waals surface area contributed by atoms with Crippen LogP contribution in [0.3, 0.4) is 0 Å². The van der Waals surface area contributed by atoms with E-state index in [9.17, 15) is 24.0 Å². The zero-order valence-electron chi connectivity index (χ0n) is 23.2. The van der Waals surface area contributed by atoms with Crippen LogP contribution >= 0.6 is 0 Å². The number of aliphatic carboxylic acids is 1. The van der Waals surface area contributed by atoms with Crippen LogP contribution in [0.2, 0.25) is 0 Å². The summed E-state index contributed by atoms with van der Waals surface area (Å²) >= 11 is 0. The van der Waals surface area contributed by atoms with Crippen molar-refractivity contribution < 1.29 is 43.3 Å². The van der Waals surface area contributed by atoms with E-state index in [2.05, 4.69) is 5.10 Å². The Balaban J connectivity index is 1.78. The Morgan fingerprint density at radius 1 is 1.03 bits per heavy atom. The average molecular weight is 541 g/mol. The molecule has 2 heterocycles. The predicted molar refractivity (Wildman–Crippen MR) is 136 cm³/mol. The van der Waals surface area contributed by atoms with Gasteiger partial charge in [0, 0.05) is 38.6 Å². The first kappa shape index (κ1) is 30.8. The van der Waals surface area contributed by atoms with Crippen LogP contribution in [0.4, 0.5) is 14.4 Å². The molecule has 0 aromatic heterocycles. The highest BCUT2D eigenvalue weighted by molar-refractivity contribution is 5.88. The van der Waals surface area contributed by atoms with Crippen LogP contribution in [-0.4, -0.2) is 99.3 Å². The van der Waals surface area contributed by atoms with Gasteiger partial charge in [-0.25, -0.2) is 14.4 Å². The van der Waals surface area contributed by atoms with Gasteiger partial charge in [-0.15, -0.1) is 0 Å². The lowest BCUT2D eigenvalue weighted by atomic mass is 9.91. The van der Waals surface area contributed by atoms with Gasteiger partial charge in [-0.2, -0.15) is 5.10 Å². The Kier molecular flexibility index (Phi) is 10.1. The number of hydrogen-bond donors (Lipinski definition) is 1. The quantitative estimate of drug-likeness (QED) is 0.210. The SMILES string of the molecule is CC(C)(C)OC(=O)N(N=CCCCCC(=O)N1CCC2(CC1)CN(CC(=O)O)C(=O)O2)C(=O)OC(C)(C)C. The summed E-state index contributed by atoms with van der Waals surface area (Å²) in [5, 5.41) is 13.4. The van der Waals surface area contributed by atoms with E-state index in [1.54, 1.807) is 46.4 Å². The van der Waals surface area contributed by atoms with Crippen LogP contribution < -0.4 is 0 Å². The van der Waals surface area contributed by atoms with Gasteiger partial charge >= 0.3 is 24.2 Å². The van der Waals surface area contributed by atoms with E-state index >= 15 is 0 Å². The van der Waals surface area contributed by atoms with Gasteiger partial charge in [-0.05, 0) is 60.8 Å². The molecule has 0 atom stereocenters. The molecule has 0 aromatic rings. The monoisotopic (exact) mass is 540 g/mol. The molecule has 2 rings (SSSR count). The maximum atomic E-state index is 12.6. The first-order chi connectivity index (χ1) is 17.5. The molecule has 38 heavy (non-hydrogen) atoms. The van der Waals surface area contributed by atoms with Crippen LogP contribution in [0.5, 0.6) is 0 Å². The molecule has 1 N–H and O–H groups in total. The van der Waals surface area contributed by atoms with E-state index in [4.69, 9.17) is 19.3 Å². The van der Waals surface area contributed by atoms with Crippen molar-refractivity contribution in [1.82, 2.24) is 14.8 Å². The third kappa shape index (κ3) is 9.82. The van der Waals surface area contributed by atoms with Crippen LogP contribution in [0, 0.1) is 0 Å². The topological polar surface area (TPSA) is 155 Å². The van der Waals surface area contributed by atoms with Crippen LogP contribution in [-0.2, 0) is 23.8 Å². The smallest absolute Gasteiger partial charge is 0.441 e. The molecule has 0 aromatic carbocycles. The van der Waals surface area contributed by atoms with Crippen LogP contribution in [0.25, 0.3) is 0 Å². The van der Waals surface area contributed by atoms with Gasteiger partial charge in [-0.3, -0.25) is 14.5 Å². The van der Waals surface area contributed by atoms with E-state index in [1.165, 1.54) is 11.1 Å². The number of ether oxygens (including phenoxy) is 3. The van der Waals surface area contributed by atoms with Crippen molar-refractivity contribution in [3.63, 3.8) is 0 Å². The lowest BCUT2D eigenvalue weighted by molar-refractivity contribution is -0.137. The highest BCUT2D eigenvalue weighted by Gasteiger charge is 2.47. The number of carbonyl (C=O) groups is 5. The summed E-state index contributed by atoms with van der Waals surface area (Å²) in [7, 11) is 0. The molecule has 0 unspecified atom stereocenters. The number of imide groups is 1. The number of hydrazone groups is 1. The largest absolute Gasteiger partial charge is 0.480 e. The second kappa shape index (κ2) is 12.4. The van der Waals surface area contributed by atoms with Crippen LogP contribution in [0.15, 0.2) is 5.10 Å². The normalized spacial score (nSPS) is 17.5. The fourth-order valence-corrected chi connectivity index (χ4v) is 3.99. The Morgan fingerprint density at radius 3 is 2.08 bits per heavy atom. The number of carboxylic acids is 1. The van der Waals surface area contributed by atoms with Crippen LogP contribution in [0.1, 0.15) is 80.1 Å². The fourth-order valence-electron chi connectivity index (χ4n) is 3.99. The maximum absolute atomic E-state index is 12.6. The number of hydrogen-bond acceptors (Lipinski definition) is 9. The van der Waals surface area contributed by atoms with Crippen molar-refractivity contribution in [2.75, 3.05) is 26.2 Å². The predicted octanol–water partition coefficient (Wildman–Crippen LogP) is 3.60. The average Bonchev–Trinajstić information content (AvgIpc) is 3.04. The van der Waals surface area contributed by atoms with Crippen molar-refractivity contribution in [3.05, 3.63) is 0 Å². The molecule has 0 aliphatic carbocycles. The van der Waals surface area contributed by atoms with Gasteiger partial charge in [0.25, 0.3) is 0 Å². The Bertz CT molecular complexity index is 900. The van der Waals surface area contributed by atoms with E-state index in [1.807, 2.05) is 0 Å². The summed E-state index contributed by atoms with van der Waals surface area (Å²) in [5.41, 5.74) is -2.38. The summed E-state index contributed by atoms with van der Waals surface area (Å²) < 4.78 is 15.9. The van der Waals surface area contributed by atoms with Crippen molar-refractivity contribution in [1.29, 1.82) is 0 Å². The van der Waals surface area contributed by atoms with Crippen molar-refractivity contribution in [3.8, 4) is 0 Å². The minimum Gasteiger partial charge on any atom is -0.480 e. The van der Waals surface area contributed by atoms with E-state index in [-0.39, 0.29) is 12.5 Å². The molecule has 0 radical (unpaired) electrons. The molecule has 2 fully saturated rings. The minimum atomic E-state index is -1.10. The maximum Gasteiger partial charge on any atom is 0.441 e. The lowest BCUT2D eigenvalue weighted by Gasteiger charge is -2.37. The molecule has 0 saturated carbocycles. The molecule has 2 aliphatic rings. The van der Waals surface area contributed by atoms with Crippen molar-refractivity contribution in [2.24, 2.45) is 5.10 Å². The molecule has 2 saturated heterocycles. The number of nitrogens with zero attached hydrogens (tertiary/aromatic N) is 4. The Morgan fingerprint density at radius 2 is 1.58 bits per heavy atom. The number of piperidine rings is 1. The third-order valence-corrected chi connectivity index (χ3v) is 5.70. The molecular formula is C25H40N4O9. The highest BCUT2D eigenvalue weighted by atomic mass is 16.6. The van der Waals surface area contributed by atoms with Gasteiger partial charge in [0.15, 0.2) is 0 Å². The Labute approximate surface area is 223 Å². The number of carbonyl (C=O) groups excluding carboxylic acids is 4. The number of unbranched alkanes of at least 4 members (excludes halogenated alkanes) is 2. The van der Waals surface area contributed by atoms with E-state index in [0.29, 0.717) is 56.6 Å². The van der Waals surface area contributed by atoms with Gasteiger partial charge in [0.1, 0.15) is 23.3 Å². The molecule has 214 valence electrons.